The van der Waals surface area contributed by atoms with Crippen molar-refractivity contribution in [3.8, 4) is 11.8 Å². The average Bonchev–Trinajstić information content (AvgIpc) is 2.38. The van der Waals surface area contributed by atoms with E-state index in [1.54, 1.807) is 31.3 Å². The van der Waals surface area contributed by atoms with E-state index in [0.717, 1.165) is 11.1 Å². The van der Waals surface area contributed by atoms with E-state index < -0.39 is 4.92 Å². The second-order valence-corrected chi connectivity index (χ2v) is 3.57. The summed E-state index contributed by atoms with van der Waals surface area (Å²) in [6.07, 6.45) is 1.55. The highest BCUT2D eigenvalue weighted by Crippen LogP contribution is 2.29. The van der Waals surface area contributed by atoms with Gasteiger partial charge in [-0.2, -0.15) is 0 Å². The zero-order valence-corrected chi connectivity index (χ0v) is 9.80. The monoisotopic (exact) mass is 241 g/mol. The summed E-state index contributed by atoms with van der Waals surface area (Å²) in [7, 11) is 0. The Morgan fingerprint density at radius 3 is 3.00 bits per heavy atom. The molecule has 2 aromatic rings. The van der Waals surface area contributed by atoms with Crippen LogP contribution in [-0.4, -0.2) is 16.5 Å². The Balaban J connectivity index is 2.52. The highest BCUT2D eigenvalue weighted by Gasteiger charge is 2.14. The summed E-state index contributed by atoms with van der Waals surface area (Å²) in [6.45, 7) is 2.26. The summed E-state index contributed by atoms with van der Waals surface area (Å²) < 4.78 is 0. The van der Waals surface area contributed by atoms with Crippen LogP contribution < -0.4 is 5.32 Å². The Bertz CT molecular complexity index is 656. The van der Waals surface area contributed by atoms with Gasteiger partial charge in [-0.05, 0) is 25.1 Å². The Hall–Kier alpha value is -2.61. The van der Waals surface area contributed by atoms with Gasteiger partial charge < -0.3 is 5.32 Å². The standard InChI is InChI=1S/C13H11N3O2/c1-2-3-8-14-11-6-7-12(16(17)18)13-10(11)5-4-9-15-13/h4-7,9,14H,8H2,1H3. The van der Waals surface area contributed by atoms with E-state index in [9.17, 15) is 10.1 Å². The molecule has 5 heteroatoms. The quantitative estimate of drug-likeness (QED) is 0.509. The fourth-order valence-corrected chi connectivity index (χ4v) is 1.69. The van der Waals surface area contributed by atoms with Gasteiger partial charge in [0.05, 0.1) is 11.5 Å². The average molecular weight is 241 g/mol. The van der Waals surface area contributed by atoms with Crippen LogP contribution in [0.1, 0.15) is 6.92 Å². The lowest BCUT2D eigenvalue weighted by Gasteiger charge is -2.06. The molecule has 2 rings (SSSR count). The van der Waals surface area contributed by atoms with Crippen molar-refractivity contribution in [1.82, 2.24) is 4.98 Å². The van der Waals surface area contributed by atoms with Gasteiger partial charge in [0.25, 0.3) is 5.69 Å². The van der Waals surface area contributed by atoms with E-state index in [1.165, 1.54) is 6.07 Å². The molecule has 1 N–H and O–H groups in total. The van der Waals surface area contributed by atoms with Crippen LogP contribution >= 0.6 is 0 Å². The van der Waals surface area contributed by atoms with Crippen LogP contribution in [0.5, 0.6) is 0 Å². The molecule has 0 aliphatic heterocycles. The number of nitro groups is 1. The fraction of sp³-hybridized carbons (Fsp3) is 0.154. The molecule has 0 saturated heterocycles. The predicted molar refractivity (Wildman–Crippen MR) is 70.3 cm³/mol. The van der Waals surface area contributed by atoms with Crippen molar-refractivity contribution in [1.29, 1.82) is 0 Å². The van der Waals surface area contributed by atoms with Crippen molar-refractivity contribution < 1.29 is 4.92 Å². The molecule has 0 bridgehead atoms. The van der Waals surface area contributed by atoms with E-state index in [2.05, 4.69) is 22.1 Å². The molecule has 0 amide bonds. The molecule has 1 heterocycles. The Kier molecular flexibility index (Phi) is 3.39. The topological polar surface area (TPSA) is 68.1 Å². The first-order valence-corrected chi connectivity index (χ1v) is 5.39. The van der Waals surface area contributed by atoms with Crippen LogP contribution in [0, 0.1) is 22.0 Å². The zero-order valence-electron chi connectivity index (χ0n) is 9.80. The van der Waals surface area contributed by atoms with Crippen LogP contribution in [-0.2, 0) is 0 Å². The Morgan fingerprint density at radius 1 is 1.44 bits per heavy atom. The highest BCUT2D eigenvalue weighted by molar-refractivity contribution is 5.96. The van der Waals surface area contributed by atoms with Crippen LogP contribution in [0.4, 0.5) is 11.4 Å². The molecule has 1 aromatic heterocycles. The lowest BCUT2D eigenvalue weighted by atomic mass is 10.1. The van der Waals surface area contributed by atoms with Crippen molar-refractivity contribution >= 4 is 22.3 Å². The maximum Gasteiger partial charge on any atom is 0.295 e. The Labute approximate surface area is 104 Å². The summed E-state index contributed by atoms with van der Waals surface area (Å²) in [5.74, 6) is 5.66. The highest BCUT2D eigenvalue weighted by atomic mass is 16.6. The fourth-order valence-electron chi connectivity index (χ4n) is 1.69. The smallest absolute Gasteiger partial charge is 0.295 e. The number of nitrogens with one attached hydrogen (secondary N) is 1. The van der Waals surface area contributed by atoms with E-state index in [1.807, 2.05) is 0 Å². The first kappa shape index (κ1) is 11.9. The molecule has 90 valence electrons. The number of benzene rings is 1. The van der Waals surface area contributed by atoms with Crippen molar-refractivity contribution in [3.63, 3.8) is 0 Å². The van der Waals surface area contributed by atoms with E-state index >= 15 is 0 Å². The third-order valence-electron chi connectivity index (χ3n) is 2.49. The van der Waals surface area contributed by atoms with Crippen LogP contribution in [0.15, 0.2) is 30.5 Å². The molecule has 1 aromatic carbocycles. The van der Waals surface area contributed by atoms with Gasteiger partial charge >= 0.3 is 0 Å². The molecule has 0 fully saturated rings. The summed E-state index contributed by atoms with van der Waals surface area (Å²) in [5, 5.41) is 14.8. The number of aromatic nitrogens is 1. The molecule has 0 unspecified atom stereocenters. The van der Waals surface area contributed by atoms with Gasteiger partial charge in [0.1, 0.15) is 5.52 Å². The summed E-state index contributed by atoms with van der Waals surface area (Å²) in [5.41, 5.74) is 1.20. The molecule has 0 aliphatic rings. The first-order chi connectivity index (χ1) is 8.74. The molecule has 0 aliphatic carbocycles. The number of rotatable bonds is 3. The van der Waals surface area contributed by atoms with Crippen LogP contribution in [0.25, 0.3) is 10.9 Å². The van der Waals surface area contributed by atoms with Gasteiger partial charge in [0.15, 0.2) is 0 Å². The van der Waals surface area contributed by atoms with Gasteiger partial charge in [-0.25, -0.2) is 4.98 Å². The molecular weight excluding hydrogens is 230 g/mol. The normalized spacial score (nSPS) is 9.61. The minimum absolute atomic E-state index is 0.0118. The SMILES string of the molecule is CC#CCNc1ccc([N+](=O)[O-])c2ncccc12. The largest absolute Gasteiger partial charge is 0.374 e. The van der Waals surface area contributed by atoms with E-state index in [0.29, 0.717) is 12.1 Å². The van der Waals surface area contributed by atoms with E-state index in [-0.39, 0.29) is 5.69 Å². The van der Waals surface area contributed by atoms with Gasteiger partial charge in [0, 0.05) is 23.3 Å². The van der Waals surface area contributed by atoms with Gasteiger partial charge in [-0.3, -0.25) is 10.1 Å². The third kappa shape index (κ3) is 2.23. The molecule has 0 radical (unpaired) electrons. The summed E-state index contributed by atoms with van der Waals surface area (Å²) in [4.78, 5) is 14.6. The van der Waals surface area contributed by atoms with Crippen LogP contribution in [0.2, 0.25) is 0 Å². The maximum atomic E-state index is 10.9. The van der Waals surface area contributed by atoms with Crippen molar-refractivity contribution in [2.45, 2.75) is 6.92 Å². The predicted octanol–water partition coefficient (Wildman–Crippen LogP) is 2.58. The van der Waals surface area contributed by atoms with Crippen LogP contribution in [0.3, 0.4) is 0 Å². The van der Waals surface area contributed by atoms with Gasteiger partial charge in [-0.15, -0.1) is 5.92 Å². The third-order valence-corrected chi connectivity index (χ3v) is 2.49. The number of nitrogens with zero attached hydrogens (tertiary/aromatic N) is 2. The van der Waals surface area contributed by atoms with Crippen molar-refractivity contribution in [2.75, 3.05) is 11.9 Å². The Morgan fingerprint density at radius 2 is 2.28 bits per heavy atom. The number of hydrogen-bond acceptors (Lipinski definition) is 4. The molecule has 0 spiro atoms. The molecular formula is C13H11N3O2. The second-order valence-electron chi connectivity index (χ2n) is 3.57. The minimum atomic E-state index is -0.426. The maximum absolute atomic E-state index is 10.9. The lowest BCUT2D eigenvalue weighted by molar-refractivity contribution is -0.383. The molecule has 0 atom stereocenters. The number of fused-ring (bicyclic) bond motifs is 1. The van der Waals surface area contributed by atoms with E-state index in [4.69, 9.17) is 0 Å². The number of non-ortho nitro benzene ring substituents is 1. The van der Waals surface area contributed by atoms with Crippen molar-refractivity contribution in [3.05, 3.63) is 40.6 Å². The minimum Gasteiger partial charge on any atom is -0.374 e. The second kappa shape index (κ2) is 5.15. The van der Waals surface area contributed by atoms with Gasteiger partial charge in [-0.1, -0.05) is 5.92 Å². The number of pyridine rings is 1. The summed E-state index contributed by atoms with van der Waals surface area (Å²) >= 11 is 0. The number of hydrogen-bond donors (Lipinski definition) is 1. The zero-order chi connectivity index (χ0) is 13.0. The molecule has 0 saturated carbocycles. The van der Waals surface area contributed by atoms with Gasteiger partial charge in [0.2, 0.25) is 0 Å². The lowest BCUT2D eigenvalue weighted by Crippen LogP contribution is -2.01. The number of nitro benzene ring substituents is 1. The van der Waals surface area contributed by atoms with Crippen molar-refractivity contribution in [2.24, 2.45) is 0 Å². The number of anilines is 1. The molecule has 18 heavy (non-hydrogen) atoms. The molecule has 5 nitrogen and oxygen atoms in total. The summed E-state index contributed by atoms with van der Waals surface area (Å²) in [6, 6.07) is 6.69. The first-order valence-electron chi connectivity index (χ1n) is 5.39.